The highest BCUT2D eigenvalue weighted by atomic mass is 32.2. The van der Waals surface area contributed by atoms with Crippen molar-refractivity contribution < 1.29 is 9.32 Å². The predicted octanol–water partition coefficient (Wildman–Crippen LogP) is 3.18. The fraction of sp³-hybridized carbons (Fsp3) is 0.647. The third kappa shape index (κ3) is 3.74. The topological polar surface area (TPSA) is 49.3 Å². The Morgan fingerprint density at radius 3 is 2.43 bits per heavy atom. The zero-order chi connectivity index (χ0) is 15.7. The Labute approximate surface area is 130 Å². The molecule has 3 atom stereocenters. The van der Waals surface area contributed by atoms with Crippen molar-refractivity contribution in [1.82, 2.24) is 4.72 Å². The third-order valence-corrected chi connectivity index (χ3v) is 5.85. The molecular weight excluding hydrogens is 282 g/mol. The summed E-state index contributed by atoms with van der Waals surface area (Å²) in [6.45, 7) is 7.89. The van der Waals surface area contributed by atoms with Gasteiger partial charge in [0.15, 0.2) is 0 Å². The lowest BCUT2D eigenvalue weighted by molar-refractivity contribution is -0.0246. The van der Waals surface area contributed by atoms with Crippen LogP contribution >= 0.6 is 0 Å². The Bertz CT molecular complexity index is 507. The van der Waals surface area contributed by atoms with Crippen LogP contribution in [0.3, 0.4) is 0 Å². The summed E-state index contributed by atoms with van der Waals surface area (Å²) in [5, 5.41) is 11.2. The molecule has 3 nitrogen and oxygen atoms in total. The van der Waals surface area contributed by atoms with Crippen molar-refractivity contribution in [1.29, 1.82) is 0 Å². The summed E-state index contributed by atoms with van der Waals surface area (Å²) >= 11 is 0. The molecule has 0 heterocycles. The van der Waals surface area contributed by atoms with Crippen molar-refractivity contribution in [3.8, 4) is 0 Å². The molecule has 1 fully saturated rings. The van der Waals surface area contributed by atoms with E-state index in [1.54, 1.807) is 0 Å². The van der Waals surface area contributed by atoms with Crippen molar-refractivity contribution in [2.75, 3.05) is 0 Å². The maximum absolute atomic E-state index is 12.4. The second kappa shape index (κ2) is 6.19. The molecule has 1 unspecified atom stereocenters. The fourth-order valence-corrected chi connectivity index (χ4v) is 3.73. The normalized spacial score (nSPS) is 28.3. The second-order valence-electron chi connectivity index (χ2n) is 7.09. The number of aryl methyl sites for hydroxylation is 1. The van der Waals surface area contributed by atoms with Crippen molar-refractivity contribution in [2.24, 2.45) is 0 Å². The quantitative estimate of drug-likeness (QED) is 0.901. The second-order valence-corrected chi connectivity index (χ2v) is 9.09. The Balaban J connectivity index is 2.25. The molecular formula is C17H27NO2S. The molecule has 1 aromatic carbocycles. The number of nitrogens with one attached hydrogen (secondary N) is 1. The van der Waals surface area contributed by atoms with Crippen LogP contribution in [0.15, 0.2) is 24.3 Å². The van der Waals surface area contributed by atoms with Crippen LogP contribution in [-0.4, -0.2) is 20.1 Å². The summed E-state index contributed by atoms with van der Waals surface area (Å²) in [5.41, 5.74) is 1.18. The molecule has 0 radical (unpaired) electrons. The van der Waals surface area contributed by atoms with Gasteiger partial charge >= 0.3 is 0 Å². The zero-order valence-electron chi connectivity index (χ0n) is 13.5. The molecule has 4 heteroatoms. The average Bonchev–Trinajstić information content (AvgIpc) is 2.41. The molecule has 0 bridgehead atoms. The van der Waals surface area contributed by atoms with Gasteiger partial charge in [0.1, 0.15) is 5.60 Å². The molecule has 0 amide bonds. The molecule has 1 saturated carbocycles. The lowest BCUT2D eigenvalue weighted by atomic mass is 9.76. The Hall–Kier alpha value is -0.710. The molecule has 2 N–H and O–H groups in total. The molecule has 118 valence electrons. The van der Waals surface area contributed by atoms with Crippen molar-refractivity contribution in [3.05, 3.63) is 35.4 Å². The summed E-state index contributed by atoms with van der Waals surface area (Å²) in [7, 11) is -1.17. The van der Waals surface area contributed by atoms with Crippen LogP contribution in [0.4, 0.5) is 0 Å². The van der Waals surface area contributed by atoms with Crippen LogP contribution in [0.1, 0.15) is 57.6 Å². The highest BCUT2D eigenvalue weighted by Gasteiger charge is 2.42. The first-order valence-electron chi connectivity index (χ1n) is 7.71. The Morgan fingerprint density at radius 1 is 1.24 bits per heavy atom. The van der Waals surface area contributed by atoms with E-state index in [-0.39, 0.29) is 10.8 Å². The molecule has 0 saturated heterocycles. The molecule has 1 aliphatic rings. The van der Waals surface area contributed by atoms with Gasteiger partial charge in [0.2, 0.25) is 0 Å². The number of aliphatic hydroxyl groups is 1. The lowest BCUT2D eigenvalue weighted by Gasteiger charge is -2.41. The molecule has 1 aliphatic carbocycles. The third-order valence-electron chi connectivity index (χ3n) is 4.23. The van der Waals surface area contributed by atoms with Crippen LogP contribution in [0.2, 0.25) is 0 Å². The first kappa shape index (κ1) is 16.7. The minimum atomic E-state index is -1.17. The largest absolute Gasteiger partial charge is 0.383 e. The SMILES string of the molecule is Cc1ccc([C@]2(O)CCCC[C@@H]2NS(=O)C(C)(C)C)cc1. The summed E-state index contributed by atoms with van der Waals surface area (Å²) in [5.74, 6) is 0. The first-order valence-corrected chi connectivity index (χ1v) is 8.86. The minimum absolute atomic E-state index is 0.158. The number of hydrogen-bond acceptors (Lipinski definition) is 2. The van der Waals surface area contributed by atoms with Crippen LogP contribution in [0, 0.1) is 6.92 Å². The average molecular weight is 309 g/mol. The molecule has 0 spiro atoms. The van der Waals surface area contributed by atoms with Gasteiger partial charge in [-0.15, -0.1) is 0 Å². The fourth-order valence-electron chi connectivity index (χ4n) is 2.81. The van der Waals surface area contributed by atoms with Gasteiger partial charge in [0.05, 0.1) is 21.8 Å². The van der Waals surface area contributed by atoms with E-state index >= 15 is 0 Å². The van der Waals surface area contributed by atoms with E-state index in [2.05, 4.69) is 4.72 Å². The highest BCUT2D eigenvalue weighted by Crippen LogP contribution is 2.38. The molecule has 0 aromatic heterocycles. The summed E-state index contributed by atoms with van der Waals surface area (Å²) in [6, 6.07) is 7.89. The van der Waals surface area contributed by atoms with Gasteiger partial charge < -0.3 is 5.11 Å². The van der Waals surface area contributed by atoms with Crippen LogP contribution in [0.5, 0.6) is 0 Å². The molecule has 1 aromatic rings. The molecule has 0 aliphatic heterocycles. The van der Waals surface area contributed by atoms with Gasteiger partial charge in [-0.25, -0.2) is 8.93 Å². The maximum Gasteiger partial charge on any atom is 0.106 e. The minimum Gasteiger partial charge on any atom is -0.383 e. The molecule has 21 heavy (non-hydrogen) atoms. The van der Waals surface area contributed by atoms with Gasteiger partial charge in [-0.2, -0.15) is 0 Å². The first-order chi connectivity index (χ1) is 9.73. The number of rotatable bonds is 3. The Morgan fingerprint density at radius 2 is 1.86 bits per heavy atom. The van der Waals surface area contributed by atoms with Crippen LogP contribution < -0.4 is 4.72 Å². The number of hydrogen-bond donors (Lipinski definition) is 2. The predicted molar refractivity (Wildman–Crippen MR) is 88.4 cm³/mol. The molecule has 2 rings (SSSR count). The standard InChI is InChI=1S/C17H27NO2S/c1-13-8-10-14(11-9-13)17(19)12-6-5-7-15(17)18-21(20)16(2,3)4/h8-11,15,18-19H,5-7,12H2,1-4H3/t15-,17+,21?/m0/s1. The van der Waals surface area contributed by atoms with E-state index in [1.807, 2.05) is 52.0 Å². The smallest absolute Gasteiger partial charge is 0.106 e. The van der Waals surface area contributed by atoms with E-state index in [4.69, 9.17) is 0 Å². The van der Waals surface area contributed by atoms with Crippen molar-refractivity contribution in [2.45, 2.75) is 69.8 Å². The van der Waals surface area contributed by atoms with Gasteiger partial charge in [-0.05, 0) is 46.1 Å². The van der Waals surface area contributed by atoms with E-state index in [0.717, 1.165) is 31.2 Å². The van der Waals surface area contributed by atoms with Crippen LogP contribution in [-0.2, 0) is 16.6 Å². The van der Waals surface area contributed by atoms with Gasteiger partial charge in [0, 0.05) is 0 Å². The summed E-state index contributed by atoms with van der Waals surface area (Å²) < 4.78 is 15.3. The zero-order valence-corrected chi connectivity index (χ0v) is 14.3. The van der Waals surface area contributed by atoms with Gasteiger partial charge in [-0.3, -0.25) is 0 Å². The monoisotopic (exact) mass is 309 g/mol. The van der Waals surface area contributed by atoms with Gasteiger partial charge in [-0.1, -0.05) is 42.7 Å². The van der Waals surface area contributed by atoms with E-state index in [0.29, 0.717) is 0 Å². The van der Waals surface area contributed by atoms with Crippen molar-refractivity contribution in [3.63, 3.8) is 0 Å². The van der Waals surface area contributed by atoms with Crippen LogP contribution in [0.25, 0.3) is 0 Å². The van der Waals surface area contributed by atoms with E-state index < -0.39 is 16.6 Å². The van der Waals surface area contributed by atoms with E-state index in [9.17, 15) is 9.32 Å². The lowest BCUT2D eigenvalue weighted by Crippen LogP contribution is -2.53. The van der Waals surface area contributed by atoms with E-state index in [1.165, 1.54) is 5.56 Å². The maximum atomic E-state index is 12.4. The Kier molecular flexibility index (Phi) is 4.91. The highest BCUT2D eigenvalue weighted by molar-refractivity contribution is 7.84. The van der Waals surface area contributed by atoms with Gasteiger partial charge in [0.25, 0.3) is 0 Å². The summed E-state index contributed by atoms with van der Waals surface area (Å²) in [6.07, 6.45) is 3.64. The van der Waals surface area contributed by atoms with Crippen molar-refractivity contribution >= 4 is 11.0 Å². The number of benzene rings is 1. The summed E-state index contributed by atoms with van der Waals surface area (Å²) in [4.78, 5) is 0.